The number of hydrogen-bond donors (Lipinski definition) is 0. The molecule has 6 nitrogen and oxygen atoms in total. The average Bonchev–Trinajstić information content (AvgIpc) is 3.35. The average molecular weight is 357 g/mol. The first-order valence-corrected chi connectivity index (χ1v) is 9.35. The van der Waals surface area contributed by atoms with Crippen molar-refractivity contribution in [1.82, 2.24) is 9.88 Å². The largest absolute Gasteiger partial charge is 0.448 e. The minimum atomic E-state index is -0.233. The second kappa shape index (κ2) is 6.84. The second-order valence-corrected chi connectivity index (χ2v) is 7.12. The van der Waals surface area contributed by atoms with Gasteiger partial charge in [-0.15, -0.1) is 11.3 Å². The smallest absolute Gasteiger partial charge is 0.409 e. The maximum absolute atomic E-state index is 11.8. The summed E-state index contributed by atoms with van der Waals surface area (Å²) in [5, 5.41) is 3.04. The van der Waals surface area contributed by atoms with Crippen molar-refractivity contribution in [1.29, 1.82) is 0 Å². The number of cyclic esters (lactones) is 1. The second-order valence-electron chi connectivity index (χ2n) is 6.17. The lowest BCUT2D eigenvalue weighted by Crippen LogP contribution is -2.26. The van der Waals surface area contributed by atoms with Crippen LogP contribution in [0.1, 0.15) is 17.8 Å². The van der Waals surface area contributed by atoms with Crippen LogP contribution in [-0.4, -0.2) is 48.1 Å². The predicted octanol–water partition coefficient (Wildman–Crippen LogP) is 2.93. The maximum atomic E-state index is 11.8. The van der Waals surface area contributed by atoms with Crippen LogP contribution in [0.2, 0.25) is 0 Å². The Kier molecular flexibility index (Phi) is 4.40. The predicted molar refractivity (Wildman–Crippen MR) is 95.8 cm³/mol. The Balaban J connectivity index is 1.41. The van der Waals surface area contributed by atoms with E-state index >= 15 is 0 Å². The fourth-order valence-corrected chi connectivity index (χ4v) is 3.95. The Morgan fingerprint density at radius 1 is 1.16 bits per heavy atom. The fraction of sp³-hybridized carbons (Fsp3) is 0.389. The van der Waals surface area contributed by atoms with Crippen molar-refractivity contribution in [3.63, 3.8) is 0 Å². The van der Waals surface area contributed by atoms with E-state index in [1.165, 1.54) is 0 Å². The third-order valence-corrected chi connectivity index (χ3v) is 5.45. The molecule has 130 valence electrons. The molecule has 0 saturated carbocycles. The lowest BCUT2D eigenvalue weighted by Gasteiger charge is -2.15. The molecule has 2 saturated heterocycles. The highest BCUT2D eigenvalue weighted by atomic mass is 32.1. The van der Waals surface area contributed by atoms with Crippen molar-refractivity contribution >= 4 is 29.0 Å². The zero-order chi connectivity index (χ0) is 17.2. The molecule has 0 atom stereocenters. The van der Waals surface area contributed by atoms with Gasteiger partial charge in [-0.05, 0) is 18.6 Å². The Morgan fingerprint density at radius 3 is 2.68 bits per heavy atom. The molecule has 0 bridgehead atoms. The molecule has 0 radical (unpaired) electrons. The van der Waals surface area contributed by atoms with E-state index in [2.05, 4.69) is 4.98 Å². The lowest BCUT2D eigenvalue weighted by atomic mass is 10.1. The minimum Gasteiger partial charge on any atom is -0.448 e. The molecule has 2 aromatic rings. The fourth-order valence-electron chi connectivity index (χ4n) is 3.15. The van der Waals surface area contributed by atoms with E-state index in [1.807, 2.05) is 34.5 Å². The molecule has 0 aliphatic carbocycles. The third kappa shape index (κ3) is 3.37. The Labute approximate surface area is 150 Å². The van der Waals surface area contributed by atoms with Gasteiger partial charge in [0.05, 0.1) is 17.2 Å². The van der Waals surface area contributed by atoms with Crippen LogP contribution in [0.3, 0.4) is 0 Å². The topological polar surface area (TPSA) is 62.7 Å². The molecule has 1 aromatic carbocycles. The summed E-state index contributed by atoms with van der Waals surface area (Å²) in [6.45, 7) is 2.58. The van der Waals surface area contributed by atoms with Crippen molar-refractivity contribution < 1.29 is 14.3 Å². The molecule has 25 heavy (non-hydrogen) atoms. The van der Waals surface area contributed by atoms with Gasteiger partial charge < -0.3 is 14.5 Å². The standard InChI is InChI=1S/C18H19N3O3S/c22-17-2-1-8-21(17)14-5-3-13(4-6-14)15-12-25-16(19-15)7-9-20-10-11-24-18(20)23/h3-6,12H,1-2,7-11H2. The van der Waals surface area contributed by atoms with E-state index in [-0.39, 0.29) is 12.0 Å². The number of rotatable bonds is 5. The first-order valence-electron chi connectivity index (χ1n) is 8.47. The summed E-state index contributed by atoms with van der Waals surface area (Å²) in [6, 6.07) is 7.99. The van der Waals surface area contributed by atoms with E-state index in [0.717, 1.165) is 41.3 Å². The third-order valence-electron chi connectivity index (χ3n) is 4.54. The summed E-state index contributed by atoms with van der Waals surface area (Å²) in [4.78, 5) is 31.5. The summed E-state index contributed by atoms with van der Waals surface area (Å²) < 4.78 is 4.93. The zero-order valence-corrected chi connectivity index (χ0v) is 14.6. The van der Waals surface area contributed by atoms with Gasteiger partial charge in [0.2, 0.25) is 5.91 Å². The van der Waals surface area contributed by atoms with E-state index in [9.17, 15) is 9.59 Å². The van der Waals surface area contributed by atoms with Gasteiger partial charge in [-0.3, -0.25) is 4.79 Å². The number of amides is 2. The molecule has 0 N–H and O–H groups in total. The van der Waals surface area contributed by atoms with Gasteiger partial charge in [0.1, 0.15) is 6.61 Å². The maximum Gasteiger partial charge on any atom is 0.409 e. The van der Waals surface area contributed by atoms with Gasteiger partial charge >= 0.3 is 6.09 Å². The normalized spacial score (nSPS) is 17.4. The highest BCUT2D eigenvalue weighted by Crippen LogP contribution is 2.27. The molecule has 0 unspecified atom stereocenters. The molecule has 2 amide bonds. The SMILES string of the molecule is O=C1OCCN1CCc1nc(-c2ccc(N3CCCC3=O)cc2)cs1. The number of hydrogen-bond acceptors (Lipinski definition) is 5. The van der Waals surface area contributed by atoms with Crippen molar-refractivity contribution in [2.45, 2.75) is 19.3 Å². The Morgan fingerprint density at radius 2 is 2.00 bits per heavy atom. The zero-order valence-electron chi connectivity index (χ0n) is 13.8. The van der Waals surface area contributed by atoms with Crippen LogP contribution < -0.4 is 4.90 Å². The molecular weight excluding hydrogens is 338 g/mol. The molecule has 7 heteroatoms. The number of benzene rings is 1. The number of carbonyl (C=O) groups is 2. The van der Waals surface area contributed by atoms with E-state index in [4.69, 9.17) is 4.74 Å². The van der Waals surface area contributed by atoms with Gasteiger partial charge in [0.25, 0.3) is 0 Å². The van der Waals surface area contributed by atoms with Gasteiger partial charge in [-0.2, -0.15) is 0 Å². The number of carbonyl (C=O) groups excluding carboxylic acids is 2. The number of aromatic nitrogens is 1. The van der Waals surface area contributed by atoms with Crippen LogP contribution in [0.4, 0.5) is 10.5 Å². The molecule has 3 heterocycles. The van der Waals surface area contributed by atoms with E-state index < -0.39 is 0 Å². The summed E-state index contributed by atoms with van der Waals surface area (Å²) in [5.74, 6) is 0.198. The van der Waals surface area contributed by atoms with Gasteiger partial charge in [0.15, 0.2) is 0 Å². The number of nitrogens with zero attached hydrogens (tertiary/aromatic N) is 3. The van der Waals surface area contributed by atoms with E-state index in [1.54, 1.807) is 16.2 Å². The van der Waals surface area contributed by atoms with Crippen molar-refractivity contribution in [3.8, 4) is 11.3 Å². The van der Waals surface area contributed by atoms with Gasteiger partial charge in [0, 0.05) is 42.6 Å². The van der Waals surface area contributed by atoms with Crippen LogP contribution in [0.5, 0.6) is 0 Å². The molecule has 2 aliphatic heterocycles. The van der Waals surface area contributed by atoms with Crippen LogP contribution in [-0.2, 0) is 16.0 Å². The van der Waals surface area contributed by atoms with Gasteiger partial charge in [-0.25, -0.2) is 9.78 Å². The van der Waals surface area contributed by atoms with Crippen molar-refractivity contribution in [2.24, 2.45) is 0 Å². The summed E-state index contributed by atoms with van der Waals surface area (Å²) in [5.41, 5.74) is 2.93. The molecule has 2 fully saturated rings. The minimum absolute atomic E-state index is 0.198. The van der Waals surface area contributed by atoms with Gasteiger partial charge in [-0.1, -0.05) is 12.1 Å². The molecular formula is C18H19N3O3S. The summed E-state index contributed by atoms with van der Waals surface area (Å²) in [6.07, 6.45) is 2.08. The summed E-state index contributed by atoms with van der Waals surface area (Å²) in [7, 11) is 0. The summed E-state index contributed by atoms with van der Waals surface area (Å²) >= 11 is 1.60. The quantitative estimate of drug-likeness (QED) is 0.825. The number of anilines is 1. The Bertz CT molecular complexity index is 787. The lowest BCUT2D eigenvalue weighted by molar-refractivity contribution is -0.117. The number of thiazole rings is 1. The number of ether oxygens (including phenoxy) is 1. The van der Waals surface area contributed by atoms with Crippen LogP contribution in [0, 0.1) is 0 Å². The molecule has 1 aromatic heterocycles. The molecule has 0 spiro atoms. The van der Waals surface area contributed by atoms with Crippen molar-refractivity contribution in [3.05, 3.63) is 34.7 Å². The van der Waals surface area contributed by atoms with Crippen LogP contribution in [0.15, 0.2) is 29.6 Å². The highest BCUT2D eigenvalue weighted by Gasteiger charge is 2.22. The molecule has 2 aliphatic rings. The first-order chi connectivity index (χ1) is 12.2. The van der Waals surface area contributed by atoms with E-state index in [0.29, 0.717) is 26.1 Å². The molecule has 4 rings (SSSR count). The van der Waals surface area contributed by atoms with Crippen LogP contribution >= 0.6 is 11.3 Å². The monoisotopic (exact) mass is 357 g/mol. The van der Waals surface area contributed by atoms with Crippen molar-refractivity contribution in [2.75, 3.05) is 31.1 Å². The Hall–Kier alpha value is -2.41. The first kappa shape index (κ1) is 16.1. The van der Waals surface area contributed by atoms with Crippen LogP contribution in [0.25, 0.3) is 11.3 Å². The highest BCUT2D eigenvalue weighted by molar-refractivity contribution is 7.09.